The molecule has 0 heterocycles. The van der Waals surface area contributed by atoms with Gasteiger partial charge in [0.1, 0.15) is 6.35 Å². The minimum Gasteiger partial charge on any atom is -0.386 e. The molecular formula is C4H11BrIO3P. The molecule has 64 valence electrons. The summed E-state index contributed by atoms with van der Waals surface area (Å²) in [5.74, 6) is 0. The van der Waals surface area contributed by atoms with Crippen molar-refractivity contribution < 1.29 is 14.2 Å². The Morgan fingerprint density at radius 1 is 1.70 bits per heavy atom. The summed E-state index contributed by atoms with van der Waals surface area (Å²) in [5, 5.41) is 8.34. The molecule has 0 amide bonds. The monoisotopic (exact) mass is 344 g/mol. The van der Waals surface area contributed by atoms with Crippen LogP contribution in [0.4, 0.5) is 0 Å². The van der Waals surface area contributed by atoms with Crippen molar-refractivity contribution in [3.05, 3.63) is 0 Å². The van der Waals surface area contributed by atoms with Crippen molar-refractivity contribution in [1.29, 1.82) is 0 Å². The average Bonchev–Trinajstić information content (AvgIpc) is 1.93. The van der Waals surface area contributed by atoms with E-state index in [1.54, 1.807) is 6.92 Å². The summed E-state index contributed by atoms with van der Waals surface area (Å²) >= 11 is 4.87. The summed E-state index contributed by atoms with van der Waals surface area (Å²) in [6, 6.07) is 0. The first-order valence-corrected chi connectivity index (χ1v) is 9.68. The SMILES string of the molecule is BrI.CCOP(C)(=O)CO. The van der Waals surface area contributed by atoms with Gasteiger partial charge in [-0.3, -0.25) is 4.57 Å². The van der Waals surface area contributed by atoms with Crippen LogP contribution in [-0.2, 0) is 9.09 Å². The molecule has 0 aromatic heterocycles. The van der Waals surface area contributed by atoms with E-state index >= 15 is 0 Å². The van der Waals surface area contributed by atoms with Crippen LogP contribution in [0.5, 0.6) is 0 Å². The first-order chi connectivity index (χ1) is 4.62. The minimum absolute atomic E-state index is 0.360. The third-order valence-electron chi connectivity index (χ3n) is 0.659. The van der Waals surface area contributed by atoms with Crippen LogP contribution in [0.2, 0.25) is 0 Å². The van der Waals surface area contributed by atoms with E-state index in [0.29, 0.717) is 6.61 Å². The maximum absolute atomic E-state index is 10.7. The zero-order chi connectivity index (χ0) is 8.62. The second-order valence-electron chi connectivity index (χ2n) is 1.57. The van der Waals surface area contributed by atoms with Crippen LogP contribution in [0, 0.1) is 0 Å². The maximum atomic E-state index is 10.7. The standard InChI is InChI=1S/C4H11O3P.BrI/c1-3-7-8(2,6)4-5;1-2/h5H,3-4H2,1-2H3;. The lowest BCUT2D eigenvalue weighted by molar-refractivity contribution is 0.287. The van der Waals surface area contributed by atoms with Crippen molar-refractivity contribution in [3.8, 4) is 0 Å². The zero-order valence-corrected chi connectivity index (χ0v) is 10.5. The topological polar surface area (TPSA) is 46.5 Å². The highest BCUT2D eigenvalue weighted by molar-refractivity contribution is 14.2. The lowest BCUT2D eigenvalue weighted by atomic mass is 10.9. The Hall–Kier alpha value is 1.36. The Morgan fingerprint density at radius 2 is 2.10 bits per heavy atom. The van der Waals surface area contributed by atoms with Gasteiger partial charge in [-0.05, 0) is 19.6 Å². The molecule has 1 atom stereocenters. The molecule has 10 heavy (non-hydrogen) atoms. The molecule has 0 aliphatic heterocycles. The zero-order valence-electron chi connectivity index (χ0n) is 5.88. The van der Waals surface area contributed by atoms with E-state index in [-0.39, 0.29) is 6.35 Å². The summed E-state index contributed by atoms with van der Waals surface area (Å²) in [4.78, 5) is 0. The molecular weight excluding hydrogens is 334 g/mol. The normalized spacial score (nSPS) is 14.9. The minimum atomic E-state index is -2.62. The number of hydrogen-bond donors (Lipinski definition) is 1. The molecule has 0 aliphatic rings. The van der Waals surface area contributed by atoms with Gasteiger partial charge in [-0.15, -0.1) is 0 Å². The van der Waals surface area contributed by atoms with Gasteiger partial charge in [-0.25, -0.2) is 0 Å². The van der Waals surface area contributed by atoms with Crippen molar-refractivity contribution in [2.75, 3.05) is 19.6 Å². The van der Waals surface area contributed by atoms with Crippen molar-refractivity contribution in [2.24, 2.45) is 0 Å². The van der Waals surface area contributed by atoms with Crippen LogP contribution in [0.3, 0.4) is 0 Å². The Balaban J connectivity index is 0. The van der Waals surface area contributed by atoms with Gasteiger partial charge >= 0.3 is 0 Å². The Kier molecular flexibility index (Phi) is 11.8. The number of halogens is 2. The fraction of sp³-hybridized carbons (Fsp3) is 1.00. The van der Waals surface area contributed by atoms with Crippen molar-refractivity contribution in [1.82, 2.24) is 0 Å². The summed E-state index contributed by atoms with van der Waals surface area (Å²) in [7, 11) is -2.62. The van der Waals surface area contributed by atoms with Gasteiger partial charge in [0.2, 0.25) is 7.37 Å². The molecule has 0 aromatic rings. The highest BCUT2D eigenvalue weighted by Crippen LogP contribution is 2.40. The Labute approximate surface area is 80.9 Å². The first-order valence-electron chi connectivity index (χ1n) is 2.58. The van der Waals surface area contributed by atoms with Gasteiger partial charge < -0.3 is 9.63 Å². The molecule has 0 bridgehead atoms. The van der Waals surface area contributed by atoms with E-state index in [1.165, 1.54) is 6.66 Å². The fourth-order valence-corrected chi connectivity index (χ4v) is 0.942. The van der Waals surface area contributed by atoms with Crippen molar-refractivity contribution in [2.45, 2.75) is 6.92 Å². The van der Waals surface area contributed by atoms with Crippen molar-refractivity contribution in [3.63, 3.8) is 0 Å². The van der Waals surface area contributed by atoms with Gasteiger partial charge in [-0.1, -0.05) is 0 Å². The summed E-state index contributed by atoms with van der Waals surface area (Å²) in [6.07, 6.45) is -0.360. The van der Waals surface area contributed by atoms with Crippen LogP contribution in [-0.4, -0.2) is 24.7 Å². The lowest BCUT2D eigenvalue weighted by Crippen LogP contribution is -1.91. The second kappa shape index (κ2) is 8.46. The summed E-state index contributed by atoms with van der Waals surface area (Å²) in [5.41, 5.74) is 0. The van der Waals surface area contributed by atoms with E-state index in [1.807, 2.05) is 20.4 Å². The largest absolute Gasteiger partial charge is 0.386 e. The molecule has 0 saturated heterocycles. The predicted octanol–water partition coefficient (Wildman–Crippen LogP) is 2.61. The van der Waals surface area contributed by atoms with Gasteiger partial charge in [0, 0.05) is 27.0 Å². The summed E-state index contributed by atoms with van der Waals surface area (Å²) in [6.45, 7) is 3.55. The van der Waals surface area contributed by atoms with Gasteiger partial charge in [0.25, 0.3) is 0 Å². The molecule has 0 fully saturated rings. The van der Waals surface area contributed by atoms with Crippen molar-refractivity contribution >= 4 is 40.4 Å². The number of rotatable bonds is 3. The Morgan fingerprint density at radius 3 is 2.20 bits per heavy atom. The highest BCUT2D eigenvalue weighted by atomic mass is 127. The molecule has 0 rings (SSSR count). The molecule has 0 aromatic carbocycles. The first kappa shape index (κ1) is 13.9. The fourth-order valence-electron chi connectivity index (χ4n) is 0.314. The Bertz CT molecular complexity index is 111. The molecule has 0 aliphatic carbocycles. The van der Waals surface area contributed by atoms with Crippen LogP contribution in [0.1, 0.15) is 6.92 Å². The molecule has 0 radical (unpaired) electrons. The van der Waals surface area contributed by atoms with E-state index in [2.05, 4.69) is 17.2 Å². The van der Waals surface area contributed by atoms with Gasteiger partial charge in [0.05, 0.1) is 6.61 Å². The predicted molar refractivity (Wildman–Crippen MR) is 55.2 cm³/mol. The van der Waals surface area contributed by atoms with Crippen LogP contribution in [0.25, 0.3) is 0 Å². The van der Waals surface area contributed by atoms with Gasteiger partial charge in [-0.2, -0.15) is 0 Å². The van der Waals surface area contributed by atoms with E-state index < -0.39 is 7.37 Å². The molecule has 3 nitrogen and oxygen atoms in total. The number of aliphatic hydroxyl groups excluding tert-OH is 1. The third kappa shape index (κ3) is 9.36. The number of aliphatic hydroxyl groups is 1. The second-order valence-corrected chi connectivity index (χ2v) is 4.14. The third-order valence-corrected chi connectivity index (χ3v) is 1.98. The molecule has 6 heteroatoms. The summed E-state index contributed by atoms with van der Waals surface area (Å²) < 4.78 is 15.4. The lowest BCUT2D eigenvalue weighted by Gasteiger charge is -2.06. The smallest absolute Gasteiger partial charge is 0.224 e. The van der Waals surface area contributed by atoms with Crippen LogP contribution in [0.15, 0.2) is 0 Å². The number of hydrogen-bond acceptors (Lipinski definition) is 3. The molecule has 1 unspecified atom stereocenters. The quantitative estimate of drug-likeness (QED) is 0.632. The molecule has 0 spiro atoms. The van der Waals surface area contributed by atoms with Crippen LogP contribution < -0.4 is 0 Å². The van der Waals surface area contributed by atoms with E-state index in [0.717, 1.165) is 0 Å². The maximum Gasteiger partial charge on any atom is 0.224 e. The van der Waals surface area contributed by atoms with E-state index in [9.17, 15) is 4.57 Å². The highest BCUT2D eigenvalue weighted by Gasteiger charge is 2.10. The molecule has 0 saturated carbocycles. The van der Waals surface area contributed by atoms with Gasteiger partial charge in [0.15, 0.2) is 0 Å². The average molecular weight is 345 g/mol. The van der Waals surface area contributed by atoms with E-state index in [4.69, 9.17) is 5.11 Å². The van der Waals surface area contributed by atoms with Crippen LogP contribution >= 0.6 is 40.4 Å². The molecule has 1 N–H and O–H groups in total.